The van der Waals surface area contributed by atoms with Gasteiger partial charge in [0.15, 0.2) is 0 Å². The lowest BCUT2D eigenvalue weighted by atomic mass is 9.90. The third-order valence-electron chi connectivity index (χ3n) is 2.46. The Hall–Kier alpha value is -0.860. The van der Waals surface area contributed by atoms with Gasteiger partial charge in [0, 0.05) is 6.04 Å². The van der Waals surface area contributed by atoms with Gasteiger partial charge in [-0.3, -0.25) is 0 Å². The van der Waals surface area contributed by atoms with Crippen molar-refractivity contribution in [3.05, 3.63) is 35.9 Å². The van der Waals surface area contributed by atoms with Crippen LogP contribution in [0.15, 0.2) is 30.3 Å². The Morgan fingerprint density at radius 1 is 1.23 bits per heavy atom. The first kappa shape index (κ1) is 8.73. The molecule has 70 valence electrons. The van der Waals surface area contributed by atoms with Crippen LogP contribution in [0.25, 0.3) is 0 Å². The van der Waals surface area contributed by atoms with Crippen molar-refractivity contribution in [3.63, 3.8) is 0 Å². The summed E-state index contributed by atoms with van der Waals surface area (Å²) in [5.41, 5.74) is 6.90. The molecule has 0 aromatic heterocycles. The van der Waals surface area contributed by atoms with E-state index in [0.717, 1.165) is 19.4 Å². The molecule has 0 atom stereocenters. The zero-order valence-corrected chi connectivity index (χ0v) is 7.65. The maximum atomic E-state index is 5.66. The van der Waals surface area contributed by atoms with Crippen LogP contribution in [-0.4, -0.2) is 12.1 Å². The average molecular weight is 177 g/mol. The number of ether oxygens (including phenoxy) is 1. The predicted molar refractivity (Wildman–Crippen MR) is 52.2 cm³/mol. The molecule has 0 unspecified atom stereocenters. The average Bonchev–Trinajstić information content (AvgIpc) is 2.12. The standard InChI is InChI=1S/C11H15NO/c12-10-6-11(7-10)13-8-9-4-2-1-3-5-9/h1-5,10-11H,6-8,12H2/t10-,11-. The molecule has 0 bridgehead atoms. The van der Waals surface area contributed by atoms with Crippen LogP contribution >= 0.6 is 0 Å². The van der Waals surface area contributed by atoms with E-state index >= 15 is 0 Å². The molecule has 1 saturated carbocycles. The van der Waals surface area contributed by atoms with Gasteiger partial charge in [0.2, 0.25) is 0 Å². The van der Waals surface area contributed by atoms with Crippen molar-refractivity contribution in [3.8, 4) is 0 Å². The minimum atomic E-state index is 0.376. The second-order valence-electron chi connectivity index (χ2n) is 3.65. The van der Waals surface area contributed by atoms with Gasteiger partial charge in [0.25, 0.3) is 0 Å². The number of rotatable bonds is 3. The Labute approximate surface area is 78.7 Å². The van der Waals surface area contributed by atoms with Gasteiger partial charge in [0.05, 0.1) is 12.7 Å². The highest BCUT2D eigenvalue weighted by Crippen LogP contribution is 2.22. The largest absolute Gasteiger partial charge is 0.373 e. The van der Waals surface area contributed by atoms with Gasteiger partial charge in [-0.1, -0.05) is 30.3 Å². The highest BCUT2D eigenvalue weighted by atomic mass is 16.5. The summed E-state index contributed by atoms with van der Waals surface area (Å²) in [6, 6.07) is 10.6. The van der Waals surface area contributed by atoms with Gasteiger partial charge < -0.3 is 10.5 Å². The van der Waals surface area contributed by atoms with E-state index in [-0.39, 0.29) is 0 Å². The molecule has 1 aliphatic rings. The van der Waals surface area contributed by atoms with Gasteiger partial charge in [-0.2, -0.15) is 0 Å². The van der Waals surface area contributed by atoms with Crippen LogP contribution in [0.1, 0.15) is 18.4 Å². The van der Waals surface area contributed by atoms with E-state index < -0.39 is 0 Å². The van der Waals surface area contributed by atoms with Gasteiger partial charge in [-0.05, 0) is 18.4 Å². The van der Waals surface area contributed by atoms with E-state index in [0.29, 0.717) is 12.1 Å². The van der Waals surface area contributed by atoms with Crippen molar-refractivity contribution >= 4 is 0 Å². The second-order valence-corrected chi connectivity index (χ2v) is 3.65. The molecular formula is C11H15NO. The van der Waals surface area contributed by atoms with Crippen molar-refractivity contribution in [2.24, 2.45) is 5.73 Å². The summed E-state index contributed by atoms with van der Waals surface area (Å²) in [4.78, 5) is 0. The van der Waals surface area contributed by atoms with Crippen LogP contribution < -0.4 is 5.73 Å². The molecular weight excluding hydrogens is 162 g/mol. The number of hydrogen-bond donors (Lipinski definition) is 1. The lowest BCUT2D eigenvalue weighted by Crippen LogP contribution is -2.41. The summed E-state index contributed by atoms with van der Waals surface area (Å²) < 4.78 is 5.65. The van der Waals surface area contributed by atoms with Gasteiger partial charge in [-0.25, -0.2) is 0 Å². The Morgan fingerprint density at radius 2 is 1.92 bits per heavy atom. The first-order valence-corrected chi connectivity index (χ1v) is 4.75. The van der Waals surface area contributed by atoms with Crippen LogP contribution in [0.4, 0.5) is 0 Å². The van der Waals surface area contributed by atoms with E-state index in [9.17, 15) is 0 Å². The quantitative estimate of drug-likeness (QED) is 0.762. The highest BCUT2D eigenvalue weighted by molar-refractivity contribution is 5.13. The maximum absolute atomic E-state index is 5.66. The second kappa shape index (κ2) is 3.90. The summed E-state index contributed by atoms with van der Waals surface area (Å²) in [5.74, 6) is 0. The molecule has 2 nitrogen and oxygen atoms in total. The number of benzene rings is 1. The first-order chi connectivity index (χ1) is 6.34. The van der Waals surface area contributed by atoms with Crippen molar-refractivity contribution < 1.29 is 4.74 Å². The summed E-state index contributed by atoms with van der Waals surface area (Å²) in [5, 5.41) is 0. The lowest BCUT2D eigenvalue weighted by molar-refractivity contribution is -0.0188. The summed E-state index contributed by atoms with van der Waals surface area (Å²) in [6.07, 6.45) is 2.44. The fourth-order valence-electron chi connectivity index (χ4n) is 1.53. The van der Waals surface area contributed by atoms with Crippen LogP contribution in [0.5, 0.6) is 0 Å². The third kappa shape index (κ3) is 2.29. The normalized spacial score (nSPS) is 26.8. The molecule has 0 saturated heterocycles. The number of nitrogens with two attached hydrogens (primary N) is 1. The monoisotopic (exact) mass is 177 g/mol. The first-order valence-electron chi connectivity index (χ1n) is 4.75. The van der Waals surface area contributed by atoms with E-state index in [1.165, 1.54) is 5.56 Å². The zero-order valence-electron chi connectivity index (χ0n) is 7.65. The van der Waals surface area contributed by atoms with E-state index in [1.54, 1.807) is 0 Å². The highest BCUT2D eigenvalue weighted by Gasteiger charge is 2.26. The van der Waals surface area contributed by atoms with E-state index in [4.69, 9.17) is 10.5 Å². The van der Waals surface area contributed by atoms with Gasteiger partial charge in [0.1, 0.15) is 0 Å². The Morgan fingerprint density at radius 3 is 2.54 bits per heavy atom. The summed E-state index contributed by atoms with van der Waals surface area (Å²) in [6.45, 7) is 0.720. The molecule has 0 aliphatic heterocycles. The van der Waals surface area contributed by atoms with Crippen LogP contribution in [-0.2, 0) is 11.3 Å². The predicted octanol–water partition coefficient (Wildman–Crippen LogP) is 1.69. The Kier molecular flexibility index (Phi) is 2.62. The van der Waals surface area contributed by atoms with Crippen molar-refractivity contribution in [2.45, 2.75) is 31.6 Å². The molecule has 2 heteroatoms. The molecule has 1 aromatic carbocycles. The van der Waals surface area contributed by atoms with Gasteiger partial charge in [-0.15, -0.1) is 0 Å². The minimum Gasteiger partial charge on any atom is -0.373 e. The minimum absolute atomic E-state index is 0.376. The zero-order chi connectivity index (χ0) is 9.10. The van der Waals surface area contributed by atoms with E-state index in [2.05, 4.69) is 12.1 Å². The Balaban J connectivity index is 1.74. The molecule has 2 rings (SSSR count). The molecule has 0 radical (unpaired) electrons. The topological polar surface area (TPSA) is 35.2 Å². The molecule has 0 heterocycles. The van der Waals surface area contributed by atoms with Crippen molar-refractivity contribution in [1.82, 2.24) is 0 Å². The molecule has 1 fully saturated rings. The Bertz CT molecular complexity index is 254. The number of hydrogen-bond acceptors (Lipinski definition) is 2. The molecule has 2 N–H and O–H groups in total. The lowest BCUT2D eigenvalue weighted by Gasteiger charge is -2.32. The molecule has 13 heavy (non-hydrogen) atoms. The van der Waals surface area contributed by atoms with Gasteiger partial charge >= 0.3 is 0 Å². The summed E-state index contributed by atoms with van der Waals surface area (Å²) in [7, 11) is 0. The SMILES string of the molecule is N[C@H]1C[C@H](OCc2ccccc2)C1. The fourth-order valence-corrected chi connectivity index (χ4v) is 1.53. The third-order valence-corrected chi connectivity index (χ3v) is 2.46. The summed E-state index contributed by atoms with van der Waals surface area (Å²) >= 11 is 0. The fraction of sp³-hybridized carbons (Fsp3) is 0.455. The van der Waals surface area contributed by atoms with Crippen molar-refractivity contribution in [2.75, 3.05) is 0 Å². The smallest absolute Gasteiger partial charge is 0.0720 e. The maximum Gasteiger partial charge on any atom is 0.0720 e. The van der Waals surface area contributed by atoms with Crippen LogP contribution in [0.3, 0.4) is 0 Å². The van der Waals surface area contributed by atoms with Crippen LogP contribution in [0.2, 0.25) is 0 Å². The van der Waals surface area contributed by atoms with E-state index in [1.807, 2.05) is 18.2 Å². The molecule has 0 amide bonds. The molecule has 1 aliphatic carbocycles. The van der Waals surface area contributed by atoms with Crippen LogP contribution in [0, 0.1) is 0 Å². The van der Waals surface area contributed by atoms with Crippen molar-refractivity contribution in [1.29, 1.82) is 0 Å². The molecule has 0 spiro atoms. The molecule has 1 aromatic rings.